The third kappa shape index (κ3) is 4.52. The Balaban J connectivity index is 2.26. The number of nitrogens with two attached hydrogens (primary N) is 1. The van der Waals surface area contributed by atoms with Crippen LogP contribution in [0.1, 0.15) is 46.5 Å². The molecule has 2 heteroatoms. The Morgan fingerprint density at radius 3 is 2.13 bits per heavy atom. The van der Waals surface area contributed by atoms with Crippen molar-refractivity contribution in [3.63, 3.8) is 0 Å². The Bertz CT molecular complexity index is 158. The molecule has 15 heavy (non-hydrogen) atoms. The van der Waals surface area contributed by atoms with Crippen LogP contribution < -0.4 is 5.73 Å². The first kappa shape index (κ1) is 13.0. The van der Waals surface area contributed by atoms with Gasteiger partial charge in [-0.05, 0) is 31.2 Å². The first-order valence-electron chi connectivity index (χ1n) is 6.69. The van der Waals surface area contributed by atoms with Crippen LogP contribution in [0.2, 0.25) is 0 Å². The average molecular weight is 212 g/mol. The van der Waals surface area contributed by atoms with Crippen LogP contribution in [0, 0.1) is 11.8 Å². The zero-order valence-electron chi connectivity index (χ0n) is 10.7. The molecule has 0 aromatic rings. The summed E-state index contributed by atoms with van der Waals surface area (Å²) in [5, 5.41) is 0. The van der Waals surface area contributed by atoms with E-state index in [1.165, 1.54) is 32.2 Å². The summed E-state index contributed by atoms with van der Waals surface area (Å²) in [5.41, 5.74) is 6.17. The zero-order valence-corrected chi connectivity index (χ0v) is 10.7. The fourth-order valence-corrected chi connectivity index (χ4v) is 2.22. The number of nitrogens with zero attached hydrogens (tertiary/aromatic N) is 1. The molecule has 0 spiro atoms. The smallest absolute Gasteiger partial charge is 0.0196 e. The molecule has 2 nitrogen and oxygen atoms in total. The SMILES string of the molecule is CCC(CC)CN(CC)CC(N)C1CC1. The van der Waals surface area contributed by atoms with Gasteiger partial charge < -0.3 is 10.6 Å². The fourth-order valence-electron chi connectivity index (χ4n) is 2.22. The molecular formula is C13H28N2. The molecular weight excluding hydrogens is 184 g/mol. The fraction of sp³-hybridized carbons (Fsp3) is 1.00. The van der Waals surface area contributed by atoms with Crippen LogP contribution in [0.4, 0.5) is 0 Å². The summed E-state index contributed by atoms with van der Waals surface area (Å²) in [7, 11) is 0. The first-order valence-corrected chi connectivity index (χ1v) is 6.69. The van der Waals surface area contributed by atoms with Crippen LogP contribution >= 0.6 is 0 Å². The van der Waals surface area contributed by atoms with E-state index >= 15 is 0 Å². The van der Waals surface area contributed by atoms with E-state index < -0.39 is 0 Å². The lowest BCUT2D eigenvalue weighted by atomic mass is 10.0. The Morgan fingerprint density at radius 1 is 1.13 bits per heavy atom. The van der Waals surface area contributed by atoms with Crippen LogP contribution in [-0.2, 0) is 0 Å². The molecule has 0 aromatic carbocycles. The molecule has 0 aromatic heterocycles. The highest BCUT2D eigenvalue weighted by Crippen LogP contribution is 2.31. The van der Waals surface area contributed by atoms with E-state index in [1.807, 2.05) is 0 Å². The van der Waals surface area contributed by atoms with Crippen molar-refractivity contribution in [2.75, 3.05) is 19.6 Å². The van der Waals surface area contributed by atoms with E-state index in [2.05, 4.69) is 25.7 Å². The highest BCUT2D eigenvalue weighted by molar-refractivity contribution is 4.86. The second-order valence-electron chi connectivity index (χ2n) is 5.04. The van der Waals surface area contributed by atoms with E-state index in [1.54, 1.807) is 0 Å². The summed E-state index contributed by atoms with van der Waals surface area (Å²) < 4.78 is 0. The molecule has 2 N–H and O–H groups in total. The standard InChI is InChI=1S/C13H28N2/c1-4-11(5-2)9-15(6-3)10-13(14)12-7-8-12/h11-13H,4-10,14H2,1-3H3. The van der Waals surface area contributed by atoms with Crippen molar-refractivity contribution in [3.8, 4) is 0 Å². The molecule has 0 aliphatic heterocycles. The lowest BCUT2D eigenvalue weighted by Crippen LogP contribution is -2.40. The van der Waals surface area contributed by atoms with Crippen molar-refractivity contribution < 1.29 is 0 Å². The Kier molecular flexibility index (Phi) is 5.62. The Hall–Kier alpha value is -0.0800. The lowest BCUT2D eigenvalue weighted by molar-refractivity contribution is 0.215. The molecule has 1 aliphatic rings. The number of rotatable bonds is 8. The van der Waals surface area contributed by atoms with Crippen LogP contribution in [-0.4, -0.2) is 30.6 Å². The Morgan fingerprint density at radius 2 is 1.73 bits per heavy atom. The summed E-state index contributed by atoms with van der Waals surface area (Å²) in [6.07, 6.45) is 5.32. The third-order valence-corrected chi connectivity index (χ3v) is 3.81. The topological polar surface area (TPSA) is 29.3 Å². The minimum atomic E-state index is 0.430. The number of hydrogen-bond acceptors (Lipinski definition) is 2. The quantitative estimate of drug-likeness (QED) is 0.670. The largest absolute Gasteiger partial charge is 0.326 e. The van der Waals surface area contributed by atoms with Gasteiger partial charge in [0.25, 0.3) is 0 Å². The molecule has 1 saturated carbocycles. The summed E-state index contributed by atoms with van der Waals surface area (Å²) in [6, 6.07) is 0.430. The van der Waals surface area contributed by atoms with Gasteiger partial charge in [0.1, 0.15) is 0 Å². The van der Waals surface area contributed by atoms with Crippen LogP contribution in [0.5, 0.6) is 0 Å². The van der Waals surface area contributed by atoms with E-state index in [9.17, 15) is 0 Å². The molecule has 1 atom stereocenters. The molecule has 1 fully saturated rings. The van der Waals surface area contributed by atoms with Gasteiger partial charge in [0.05, 0.1) is 0 Å². The van der Waals surface area contributed by atoms with Crippen LogP contribution in [0.3, 0.4) is 0 Å². The van der Waals surface area contributed by atoms with Crippen LogP contribution in [0.25, 0.3) is 0 Å². The maximum absolute atomic E-state index is 6.17. The van der Waals surface area contributed by atoms with E-state index in [-0.39, 0.29) is 0 Å². The van der Waals surface area contributed by atoms with Gasteiger partial charge in [0.2, 0.25) is 0 Å². The molecule has 90 valence electrons. The molecule has 0 amide bonds. The monoisotopic (exact) mass is 212 g/mol. The molecule has 0 radical (unpaired) electrons. The van der Waals surface area contributed by atoms with Gasteiger partial charge in [-0.25, -0.2) is 0 Å². The highest BCUT2D eigenvalue weighted by Gasteiger charge is 2.29. The molecule has 0 saturated heterocycles. The summed E-state index contributed by atoms with van der Waals surface area (Å²) in [6.45, 7) is 10.3. The molecule has 1 rings (SSSR count). The molecule has 1 unspecified atom stereocenters. The molecule has 0 bridgehead atoms. The highest BCUT2D eigenvalue weighted by atomic mass is 15.1. The normalized spacial score (nSPS) is 18.8. The number of likely N-dealkylation sites (N-methyl/N-ethyl adjacent to an activating group) is 1. The minimum absolute atomic E-state index is 0.430. The second kappa shape index (κ2) is 6.49. The van der Waals surface area contributed by atoms with E-state index in [0.29, 0.717) is 6.04 Å². The lowest BCUT2D eigenvalue weighted by Gasteiger charge is -2.27. The maximum Gasteiger partial charge on any atom is 0.0196 e. The van der Waals surface area contributed by atoms with Crippen molar-refractivity contribution in [1.82, 2.24) is 4.90 Å². The van der Waals surface area contributed by atoms with Gasteiger partial charge in [0, 0.05) is 19.1 Å². The van der Waals surface area contributed by atoms with E-state index in [0.717, 1.165) is 24.9 Å². The van der Waals surface area contributed by atoms with Crippen molar-refractivity contribution in [1.29, 1.82) is 0 Å². The molecule has 0 heterocycles. The van der Waals surface area contributed by atoms with Crippen molar-refractivity contribution >= 4 is 0 Å². The summed E-state index contributed by atoms with van der Waals surface area (Å²) in [4.78, 5) is 2.54. The van der Waals surface area contributed by atoms with Crippen LogP contribution in [0.15, 0.2) is 0 Å². The average Bonchev–Trinajstić information content (AvgIpc) is 3.07. The van der Waals surface area contributed by atoms with Gasteiger partial charge in [-0.3, -0.25) is 0 Å². The van der Waals surface area contributed by atoms with Crippen molar-refractivity contribution in [3.05, 3.63) is 0 Å². The predicted octanol–water partition coefficient (Wildman–Crippen LogP) is 2.48. The first-order chi connectivity index (χ1) is 7.21. The number of hydrogen-bond donors (Lipinski definition) is 1. The minimum Gasteiger partial charge on any atom is -0.326 e. The van der Waals surface area contributed by atoms with Gasteiger partial charge in [-0.15, -0.1) is 0 Å². The molecule has 1 aliphatic carbocycles. The third-order valence-electron chi connectivity index (χ3n) is 3.81. The van der Waals surface area contributed by atoms with Gasteiger partial charge in [-0.1, -0.05) is 33.6 Å². The van der Waals surface area contributed by atoms with Gasteiger partial charge in [-0.2, -0.15) is 0 Å². The Labute approximate surface area is 95.2 Å². The van der Waals surface area contributed by atoms with E-state index in [4.69, 9.17) is 5.73 Å². The maximum atomic E-state index is 6.17. The summed E-state index contributed by atoms with van der Waals surface area (Å²) in [5.74, 6) is 1.69. The second-order valence-corrected chi connectivity index (χ2v) is 5.04. The van der Waals surface area contributed by atoms with Gasteiger partial charge >= 0.3 is 0 Å². The van der Waals surface area contributed by atoms with Crippen molar-refractivity contribution in [2.45, 2.75) is 52.5 Å². The zero-order chi connectivity index (χ0) is 11.3. The van der Waals surface area contributed by atoms with Gasteiger partial charge in [0.15, 0.2) is 0 Å². The predicted molar refractivity (Wildman–Crippen MR) is 66.9 cm³/mol. The van der Waals surface area contributed by atoms with Crippen molar-refractivity contribution in [2.24, 2.45) is 17.6 Å². The summed E-state index contributed by atoms with van der Waals surface area (Å²) >= 11 is 0.